The van der Waals surface area contributed by atoms with Gasteiger partial charge < -0.3 is 9.64 Å². The summed E-state index contributed by atoms with van der Waals surface area (Å²) in [6.07, 6.45) is 0.727. The Morgan fingerprint density at radius 1 is 1.23 bits per heavy atom. The molecular weight excluding hydrogens is 543 g/mol. The minimum Gasteiger partial charge on any atom is -0.476 e. The molecule has 3 aromatic heterocycles. The third-order valence-electron chi connectivity index (χ3n) is 7.86. The van der Waals surface area contributed by atoms with Gasteiger partial charge in [0.05, 0.1) is 16.2 Å². The van der Waals surface area contributed by atoms with Gasteiger partial charge in [-0.25, -0.2) is 9.67 Å². The van der Waals surface area contributed by atoms with Gasteiger partial charge in [0.25, 0.3) is 5.91 Å². The summed E-state index contributed by atoms with van der Waals surface area (Å²) in [5, 5.41) is 8.65. The van der Waals surface area contributed by atoms with Gasteiger partial charge in [-0.15, -0.1) is 5.10 Å². The van der Waals surface area contributed by atoms with Gasteiger partial charge in [-0.2, -0.15) is 18.3 Å². The first-order chi connectivity index (χ1) is 18.8. The average Bonchev–Trinajstić information content (AvgIpc) is 3.51. The molecule has 2 aliphatic rings. The number of nitrogens with zero attached hydrogens (tertiary/aromatic N) is 6. The van der Waals surface area contributed by atoms with Crippen LogP contribution in [0.4, 0.5) is 19.0 Å². The topological polar surface area (TPSA) is 90.1 Å². The van der Waals surface area contributed by atoms with Crippen LogP contribution in [0.25, 0.3) is 5.82 Å². The van der Waals surface area contributed by atoms with Crippen LogP contribution in [0, 0.1) is 18.3 Å². The van der Waals surface area contributed by atoms with E-state index in [4.69, 9.17) is 9.72 Å². The van der Waals surface area contributed by atoms with Crippen LogP contribution in [-0.2, 0) is 7.05 Å². The lowest BCUT2D eigenvalue weighted by molar-refractivity contribution is -0.259. The molecule has 4 heterocycles. The predicted molar refractivity (Wildman–Crippen MR) is 146 cm³/mol. The summed E-state index contributed by atoms with van der Waals surface area (Å²) in [6.45, 7) is 8.56. The minimum atomic E-state index is -4.31. The van der Waals surface area contributed by atoms with Crippen molar-refractivity contribution in [3.8, 4) is 11.7 Å². The maximum Gasteiger partial charge on any atom is 0.397 e. The Morgan fingerprint density at radius 3 is 2.55 bits per heavy atom. The maximum atomic E-state index is 13.5. The molecule has 0 radical (unpaired) electrons. The molecule has 1 aliphatic heterocycles. The van der Waals surface area contributed by atoms with Crippen molar-refractivity contribution >= 4 is 23.7 Å². The highest BCUT2D eigenvalue weighted by molar-refractivity contribution is 7.98. The number of halogens is 3. The van der Waals surface area contributed by atoms with Crippen LogP contribution in [-0.4, -0.2) is 55.3 Å². The second kappa shape index (κ2) is 10.3. The number of anilines is 1. The summed E-state index contributed by atoms with van der Waals surface area (Å²) in [4.78, 5) is 21.2. The molecule has 13 heteroatoms. The number of nitrogens with one attached hydrogen (secondary N) is 1. The van der Waals surface area contributed by atoms with Gasteiger partial charge in [0, 0.05) is 37.6 Å². The molecule has 1 saturated heterocycles. The molecule has 5 rings (SSSR count). The van der Waals surface area contributed by atoms with Gasteiger partial charge in [-0.1, -0.05) is 13.3 Å². The van der Waals surface area contributed by atoms with Gasteiger partial charge in [0.1, 0.15) is 17.8 Å². The van der Waals surface area contributed by atoms with Crippen LogP contribution < -0.4 is 14.4 Å². The van der Waals surface area contributed by atoms with E-state index in [1.54, 1.807) is 23.0 Å². The van der Waals surface area contributed by atoms with Crippen LogP contribution in [0.2, 0.25) is 0 Å². The third-order valence-corrected chi connectivity index (χ3v) is 8.77. The first-order valence-corrected chi connectivity index (χ1v) is 14.1. The van der Waals surface area contributed by atoms with E-state index in [0.29, 0.717) is 29.5 Å². The van der Waals surface area contributed by atoms with Crippen molar-refractivity contribution in [2.75, 3.05) is 18.1 Å². The van der Waals surface area contributed by atoms with E-state index >= 15 is 0 Å². The summed E-state index contributed by atoms with van der Waals surface area (Å²) in [6, 6.07) is 4.90. The second-order valence-corrected chi connectivity index (χ2v) is 12.4. The SMILES string of the molecule is Cc1nn(C)cc1SNC(=O)c1ccc(-n2ccc(OCC3(C(F)(F)F)CCC3)n2)nc1N1CC(C)CC1(C)C. The van der Waals surface area contributed by atoms with Crippen LogP contribution in [0.15, 0.2) is 35.5 Å². The number of carbonyl (C=O) groups excluding carboxylic acids is 1. The number of amides is 1. The molecule has 0 spiro atoms. The Hall–Kier alpha value is -3.22. The van der Waals surface area contributed by atoms with E-state index in [2.05, 4.69) is 40.6 Å². The Kier molecular flexibility index (Phi) is 7.30. The van der Waals surface area contributed by atoms with Gasteiger partial charge in [-0.05, 0) is 70.0 Å². The Morgan fingerprint density at radius 2 is 1.98 bits per heavy atom. The molecule has 0 bridgehead atoms. The number of rotatable bonds is 8. The van der Waals surface area contributed by atoms with Crippen LogP contribution >= 0.6 is 11.9 Å². The van der Waals surface area contributed by atoms with E-state index in [1.165, 1.54) is 22.7 Å². The number of aromatic nitrogens is 5. The van der Waals surface area contributed by atoms with Gasteiger partial charge in [0.15, 0.2) is 5.82 Å². The molecule has 216 valence electrons. The summed E-state index contributed by atoms with van der Waals surface area (Å²) >= 11 is 1.20. The number of alkyl halides is 3. The van der Waals surface area contributed by atoms with Crippen molar-refractivity contribution in [1.29, 1.82) is 0 Å². The fourth-order valence-corrected chi connectivity index (χ4v) is 6.29. The molecule has 2 fully saturated rings. The van der Waals surface area contributed by atoms with E-state index in [0.717, 1.165) is 23.6 Å². The molecule has 1 saturated carbocycles. The lowest BCUT2D eigenvalue weighted by atomic mass is 9.69. The highest BCUT2D eigenvalue weighted by atomic mass is 32.2. The standard InChI is InChI=1S/C27H34F3N7O2S/c1-17-13-25(3,4)36(14-17)23-19(24(38)34-40-20-15-35(5)32-18(20)2)7-8-21(31-23)37-12-9-22(33-37)39-16-26(10-6-11-26)27(28,29)30/h7-9,12,15,17H,6,10-11,13-14,16H2,1-5H3,(H,34,38). The van der Waals surface area contributed by atoms with E-state index in [-0.39, 0.29) is 30.2 Å². The third kappa shape index (κ3) is 5.39. The zero-order valence-electron chi connectivity index (χ0n) is 23.2. The zero-order chi connectivity index (χ0) is 28.9. The van der Waals surface area contributed by atoms with Crippen molar-refractivity contribution in [3.63, 3.8) is 0 Å². The monoisotopic (exact) mass is 577 g/mol. The fraction of sp³-hybridized carbons (Fsp3) is 0.556. The fourth-order valence-electron chi connectivity index (χ4n) is 5.58. The number of hydrogen-bond acceptors (Lipinski definition) is 7. The number of pyridine rings is 1. The molecule has 9 nitrogen and oxygen atoms in total. The predicted octanol–water partition coefficient (Wildman–Crippen LogP) is 5.48. The summed E-state index contributed by atoms with van der Waals surface area (Å²) in [5.41, 5.74) is -0.811. The average molecular weight is 578 g/mol. The minimum absolute atomic E-state index is 0.0638. The largest absolute Gasteiger partial charge is 0.476 e. The second-order valence-electron chi connectivity index (χ2n) is 11.6. The quantitative estimate of drug-likeness (QED) is 0.355. The maximum absolute atomic E-state index is 13.5. The first-order valence-electron chi connectivity index (χ1n) is 13.3. The molecule has 3 aromatic rings. The van der Waals surface area contributed by atoms with Crippen molar-refractivity contribution in [3.05, 3.63) is 41.9 Å². The summed E-state index contributed by atoms with van der Waals surface area (Å²) in [7, 11) is 1.82. The lowest BCUT2D eigenvalue weighted by Gasteiger charge is -2.42. The smallest absolute Gasteiger partial charge is 0.397 e. The molecule has 1 N–H and O–H groups in total. The number of carbonyl (C=O) groups is 1. The normalized spacial score (nSPS) is 19.9. The molecule has 1 unspecified atom stereocenters. The first kappa shape index (κ1) is 28.3. The highest BCUT2D eigenvalue weighted by Gasteiger charge is 2.59. The van der Waals surface area contributed by atoms with E-state index < -0.39 is 18.2 Å². The summed E-state index contributed by atoms with van der Waals surface area (Å²) < 4.78 is 52.2. The van der Waals surface area contributed by atoms with Gasteiger partial charge >= 0.3 is 6.18 Å². The van der Waals surface area contributed by atoms with Crippen molar-refractivity contribution < 1.29 is 22.7 Å². The van der Waals surface area contributed by atoms with Crippen molar-refractivity contribution in [2.24, 2.45) is 18.4 Å². The number of aryl methyl sites for hydroxylation is 2. The number of ether oxygens (including phenoxy) is 1. The molecule has 1 amide bonds. The molecule has 1 atom stereocenters. The van der Waals surface area contributed by atoms with E-state index in [9.17, 15) is 18.0 Å². The Labute approximate surface area is 235 Å². The van der Waals surface area contributed by atoms with Crippen LogP contribution in [0.5, 0.6) is 5.88 Å². The van der Waals surface area contributed by atoms with E-state index in [1.807, 2.05) is 20.2 Å². The molecule has 1 aliphatic carbocycles. The van der Waals surface area contributed by atoms with Crippen molar-refractivity contribution in [2.45, 2.75) is 70.0 Å². The lowest BCUT2D eigenvalue weighted by Crippen LogP contribution is -2.48. The Balaban J connectivity index is 1.40. The molecule has 0 aromatic carbocycles. The van der Waals surface area contributed by atoms with Crippen molar-refractivity contribution in [1.82, 2.24) is 29.3 Å². The number of hydrogen-bond donors (Lipinski definition) is 1. The van der Waals surface area contributed by atoms with Crippen LogP contribution in [0.1, 0.15) is 62.5 Å². The van der Waals surface area contributed by atoms with Gasteiger partial charge in [0.2, 0.25) is 5.88 Å². The molecule has 40 heavy (non-hydrogen) atoms. The van der Waals surface area contributed by atoms with Crippen LogP contribution in [0.3, 0.4) is 0 Å². The Bertz CT molecular complexity index is 1400. The molecular formula is C27H34F3N7O2S. The highest BCUT2D eigenvalue weighted by Crippen LogP contribution is 2.53. The summed E-state index contributed by atoms with van der Waals surface area (Å²) in [5.74, 6) is 1.16. The van der Waals surface area contributed by atoms with Gasteiger partial charge in [-0.3, -0.25) is 14.2 Å². The zero-order valence-corrected chi connectivity index (χ0v) is 24.1.